The number of halogens is 1. The van der Waals surface area contributed by atoms with Crippen molar-refractivity contribution >= 4 is 27.3 Å². The predicted molar refractivity (Wildman–Crippen MR) is 79.8 cm³/mol. The first-order chi connectivity index (χ1) is 9.22. The fourth-order valence-electron chi connectivity index (χ4n) is 1.67. The van der Waals surface area contributed by atoms with E-state index in [2.05, 4.69) is 27.3 Å². The van der Waals surface area contributed by atoms with E-state index in [4.69, 9.17) is 10.00 Å². The fourth-order valence-corrected chi connectivity index (χ4v) is 2.04. The average molecular weight is 317 g/mol. The Morgan fingerprint density at radius 1 is 1.21 bits per heavy atom. The van der Waals surface area contributed by atoms with Gasteiger partial charge in [-0.05, 0) is 49.4 Å². The van der Waals surface area contributed by atoms with Gasteiger partial charge in [-0.2, -0.15) is 5.26 Å². The first-order valence-electron chi connectivity index (χ1n) is 5.92. The molecule has 0 saturated carbocycles. The number of rotatable bonds is 4. The van der Waals surface area contributed by atoms with E-state index in [9.17, 15) is 0 Å². The molecule has 0 unspecified atom stereocenters. The van der Waals surface area contributed by atoms with Gasteiger partial charge in [-0.3, -0.25) is 0 Å². The van der Waals surface area contributed by atoms with E-state index < -0.39 is 0 Å². The predicted octanol–water partition coefficient (Wildman–Crippen LogP) is 4.46. The Balaban J connectivity index is 2.19. The third kappa shape index (κ3) is 3.49. The minimum atomic E-state index is 0.600. The van der Waals surface area contributed by atoms with E-state index in [-0.39, 0.29) is 0 Å². The van der Waals surface area contributed by atoms with Gasteiger partial charge in [0.25, 0.3) is 0 Å². The summed E-state index contributed by atoms with van der Waals surface area (Å²) in [7, 11) is 0. The lowest BCUT2D eigenvalue weighted by atomic mass is 10.2. The van der Waals surface area contributed by atoms with Gasteiger partial charge < -0.3 is 10.1 Å². The molecule has 2 rings (SSSR count). The second-order valence-corrected chi connectivity index (χ2v) is 4.80. The highest BCUT2D eigenvalue weighted by Crippen LogP contribution is 2.25. The van der Waals surface area contributed by atoms with Crippen LogP contribution in [0.5, 0.6) is 5.75 Å². The van der Waals surface area contributed by atoms with E-state index in [1.54, 1.807) is 6.07 Å². The maximum atomic E-state index is 9.10. The molecular formula is C15H13BrN2O. The van der Waals surface area contributed by atoms with Crippen LogP contribution in [0.4, 0.5) is 11.4 Å². The molecule has 0 aliphatic heterocycles. The van der Waals surface area contributed by atoms with Gasteiger partial charge in [0.2, 0.25) is 0 Å². The summed E-state index contributed by atoms with van der Waals surface area (Å²) in [6, 6.07) is 15.4. The van der Waals surface area contributed by atoms with Crippen LogP contribution in [0.15, 0.2) is 46.9 Å². The van der Waals surface area contributed by atoms with Crippen molar-refractivity contribution in [3.05, 3.63) is 52.5 Å². The Kier molecular flexibility index (Phi) is 4.43. The van der Waals surface area contributed by atoms with Crippen molar-refractivity contribution in [2.45, 2.75) is 6.92 Å². The van der Waals surface area contributed by atoms with E-state index in [0.29, 0.717) is 12.2 Å². The summed E-state index contributed by atoms with van der Waals surface area (Å²) in [5.41, 5.74) is 2.31. The lowest BCUT2D eigenvalue weighted by molar-refractivity contribution is 0.340. The van der Waals surface area contributed by atoms with Gasteiger partial charge >= 0.3 is 0 Å². The standard InChI is InChI=1S/C15H13BrN2O/c1-2-19-14-6-4-13(5-7-14)18-15-8-3-12(16)9-11(15)10-17/h3-9,18H,2H2,1H3. The Morgan fingerprint density at radius 2 is 1.95 bits per heavy atom. The average Bonchev–Trinajstić information content (AvgIpc) is 2.43. The van der Waals surface area contributed by atoms with Gasteiger partial charge in [-0.1, -0.05) is 15.9 Å². The summed E-state index contributed by atoms with van der Waals surface area (Å²) in [6.07, 6.45) is 0. The molecule has 0 amide bonds. The highest BCUT2D eigenvalue weighted by Gasteiger charge is 2.03. The highest BCUT2D eigenvalue weighted by atomic mass is 79.9. The lowest BCUT2D eigenvalue weighted by Gasteiger charge is -2.09. The molecule has 0 fully saturated rings. The molecule has 0 aliphatic carbocycles. The van der Waals surface area contributed by atoms with Crippen molar-refractivity contribution in [1.82, 2.24) is 0 Å². The molecule has 2 aromatic rings. The Bertz CT molecular complexity index is 603. The monoisotopic (exact) mass is 316 g/mol. The molecule has 19 heavy (non-hydrogen) atoms. The van der Waals surface area contributed by atoms with E-state index in [0.717, 1.165) is 21.6 Å². The molecular weight excluding hydrogens is 304 g/mol. The number of hydrogen-bond donors (Lipinski definition) is 1. The van der Waals surface area contributed by atoms with Gasteiger partial charge in [0.15, 0.2) is 0 Å². The number of nitriles is 1. The Hall–Kier alpha value is -1.99. The first-order valence-corrected chi connectivity index (χ1v) is 6.71. The lowest BCUT2D eigenvalue weighted by Crippen LogP contribution is -1.95. The van der Waals surface area contributed by atoms with Crippen LogP contribution in [0.2, 0.25) is 0 Å². The van der Waals surface area contributed by atoms with Gasteiger partial charge in [0.05, 0.1) is 17.9 Å². The van der Waals surface area contributed by atoms with Crippen molar-refractivity contribution in [2.24, 2.45) is 0 Å². The van der Waals surface area contributed by atoms with E-state index in [1.807, 2.05) is 43.3 Å². The maximum absolute atomic E-state index is 9.10. The number of benzene rings is 2. The van der Waals surface area contributed by atoms with Crippen LogP contribution in [-0.4, -0.2) is 6.61 Å². The molecule has 0 aromatic heterocycles. The second kappa shape index (κ2) is 6.26. The van der Waals surface area contributed by atoms with Crippen LogP contribution in [0, 0.1) is 11.3 Å². The Morgan fingerprint density at radius 3 is 2.58 bits per heavy atom. The number of nitrogens with one attached hydrogen (secondary N) is 1. The van der Waals surface area contributed by atoms with Crippen molar-refractivity contribution < 1.29 is 4.74 Å². The van der Waals surface area contributed by atoms with Crippen LogP contribution in [0.3, 0.4) is 0 Å². The number of ether oxygens (including phenoxy) is 1. The second-order valence-electron chi connectivity index (χ2n) is 3.88. The molecule has 0 spiro atoms. The number of anilines is 2. The molecule has 3 nitrogen and oxygen atoms in total. The van der Waals surface area contributed by atoms with Gasteiger partial charge in [0.1, 0.15) is 11.8 Å². The van der Waals surface area contributed by atoms with Gasteiger partial charge in [0, 0.05) is 10.2 Å². The molecule has 96 valence electrons. The summed E-state index contributed by atoms with van der Waals surface area (Å²) in [4.78, 5) is 0. The van der Waals surface area contributed by atoms with Gasteiger partial charge in [-0.15, -0.1) is 0 Å². The maximum Gasteiger partial charge on any atom is 0.119 e. The summed E-state index contributed by atoms with van der Waals surface area (Å²) in [5.74, 6) is 0.837. The minimum Gasteiger partial charge on any atom is -0.494 e. The third-order valence-corrected chi connectivity index (χ3v) is 3.04. The van der Waals surface area contributed by atoms with Crippen LogP contribution in [0.25, 0.3) is 0 Å². The molecule has 0 atom stereocenters. The SMILES string of the molecule is CCOc1ccc(Nc2ccc(Br)cc2C#N)cc1. The largest absolute Gasteiger partial charge is 0.494 e. The van der Waals surface area contributed by atoms with E-state index in [1.165, 1.54) is 0 Å². The van der Waals surface area contributed by atoms with Crippen LogP contribution in [0.1, 0.15) is 12.5 Å². The first kappa shape index (κ1) is 13.4. The zero-order valence-electron chi connectivity index (χ0n) is 10.5. The Labute approximate surface area is 121 Å². The topological polar surface area (TPSA) is 45.0 Å². The summed E-state index contributed by atoms with van der Waals surface area (Å²) in [6.45, 7) is 2.60. The summed E-state index contributed by atoms with van der Waals surface area (Å²) in [5, 5.41) is 12.3. The molecule has 0 saturated heterocycles. The summed E-state index contributed by atoms with van der Waals surface area (Å²) >= 11 is 3.35. The van der Waals surface area contributed by atoms with Crippen molar-refractivity contribution in [3.8, 4) is 11.8 Å². The van der Waals surface area contributed by atoms with Crippen molar-refractivity contribution in [1.29, 1.82) is 5.26 Å². The molecule has 0 radical (unpaired) electrons. The molecule has 4 heteroatoms. The molecule has 2 aromatic carbocycles. The smallest absolute Gasteiger partial charge is 0.119 e. The van der Waals surface area contributed by atoms with Crippen molar-refractivity contribution in [2.75, 3.05) is 11.9 Å². The highest BCUT2D eigenvalue weighted by molar-refractivity contribution is 9.10. The summed E-state index contributed by atoms with van der Waals surface area (Å²) < 4.78 is 6.28. The number of hydrogen-bond acceptors (Lipinski definition) is 3. The zero-order valence-corrected chi connectivity index (χ0v) is 12.1. The minimum absolute atomic E-state index is 0.600. The van der Waals surface area contributed by atoms with Crippen LogP contribution < -0.4 is 10.1 Å². The molecule has 0 bridgehead atoms. The van der Waals surface area contributed by atoms with Crippen LogP contribution in [-0.2, 0) is 0 Å². The van der Waals surface area contributed by atoms with E-state index >= 15 is 0 Å². The molecule has 0 aliphatic rings. The van der Waals surface area contributed by atoms with Crippen molar-refractivity contribution in [3.63, 3.8) is 0 Å². The zero-order chi connectivity index (χ0) is 13.7. The van der Waals surface area contributed by atoms with Gasteiger partial charge in [-0.25, -0.2) is 0 Å². The fraction of sp³-hybridized carbons (Fsp3) is 0.133. The molecule has 0 heterocycles. The third-order valence-electron chi connectivity index (χ3n) is 2.55. The quantitative estimate of drug-likeness (QED) is 0.905. The molecule has 1 N–H and O–H groups in total. The van der Waals surface area contributed by atoms with Crippen LogP contribution >= 0.6 is 15.9 Å². The number of nitrogens with zero attached hydrogens (tertiary/aromatic N) is 1. The normalized spacial score (nSPS) is 9.74.